The van der Waals surface area contributed by atoms with E-state index in [4.69, 9.17) is 14.9 Å². The maximum absolute atomic E-state index is 10.5. The minimum absolute atomic E-state index is 0.171. The van der Waals surface area contributed by atoms with E-state index in [1.54, 1.807) is 0 Å². The second kappa shape index (κ2) is 37.9. The van der Waals surface area contributed by atoms with E-state index in [1.165, 1.54) is 116 Å². The predicted octanol–water partition coefficient (Wildman–Crippen LogP) is 10.1. The van der Waals surface area contributed by atoms with Crippen LogP contribution in [-0.2, 0) is 14.3 Å². The van der Waals surface area contributed by atoms with Crippen LogP contribution in [0.3, 0.4) is 0 Å². The summed E-state index contributed by atoms with van der Waals surface area (Å²) >= 11 is 0. The number of carbonyl (C=O) groups excluding carboxylic acids is 1. The van der Waals surface area contributed by atoms with Crippen molar-refractivity contribution in [1.82, 2.24) is 4.90 Å². The van der Waals surface area contributed by atoms with Gasteiger partial charge < -0.3 is 19.8 Å². The molecule has 0 aromatic rings. The van der Waals surface area contributed by atoms with Crippen molar-refractivity contribution in [1.29, 1.82) is 0 Å². The fourth-order valence-electron chi connectivity index (χ4n) is 5.40. The largest absolute Gasteiger partial charge is 0.481 e. The normalized spacial score (nSPS) is 11.1. The SMILES string of the molecule is CCCCCCCCC(CCCCCCCC)OC=O.CCCCCCCCN(CCO)CCCCCCCC(=O)O. The van der Waals surface area contributed by atoms with E-state index in [2.05, 4.69) is 25.7 Å². The number of rotatable bonds is 33. The number of hydrogen-bond donors (Lipinski definition) is 2. The van der Waals surface area contributed by atoms with Crippen LogP contribution >= 0.6 is 0 Å². The van der Waals surface area contributed by atoms with Gasteiger partial charge in [0, 0.05) is 13.0 Å². The average molecular weight is 600 g/mol. The van der Waals surface area contributed by atoms with Gasteiger partial charge in [0.1, 0.15) is 6.10 Å². The lowest BCUT2D eigenvalue weighted by Crippen LogP contribution is -2.29. The number of aliphatic hydroxyl groups excluding tert-OH is 1. The van der Waals surface area contributed by atoms with E-state index in [-0.39, 0.29) is 12.7 Å². The van der Waals surface area contributed by atoms with Crippen LogP contribution in [0.5, 0.6) is 0 Å². The molecule has 0 aromatic carbocycles. The summed E-state index contributed by atoms with van der Waals surface area (Å²) in [5.41, 5.74) is 0. The van der Waals surface area contributed by atoms with E-state index in [9.17, 15) is 9.59 Å². The summed E-state index contributed by atoms with van der Waals surface area (Å²) in [6.45, 7) is 10.6. The maximum Gasteiger partial charge on any atom is 0.303 e. The molecule has 0 aliphatic carbocycles. The Bertz CT molecular complexity index is 515. The number of nitrogens with zero attached hydrogens (tertiary/aromatic N) is 1. The van der Waals surface area contributed by atoms with E-state index in [0.29, 0.717) is 12.9 Å². The van der Waals surface area contributed by atoms with Crippen LogP contribution in [0.1, 0.15) is 188 Å². The Morgan fingerprint density at radius 3 is 1.36 bits per heavy atom. The second-order valence-corrected chi connectivity index (χ2v) is 12.2. The fraction of sp³-hybridized carbons (Fsp3) is 0.944. The molecule has 6 nitrogen and oxygen atoms in total. The number of carboxylic acids is 1. The van der Waals surface area contributed by atoms with Gasteiger partial charge in [-0.05, 0) is 58.0 Å². The first-order chi connectivity index (χ1) is 20.5. The zero-order valence-corrected chi connectivity index (χ0v) is 28.4. The fourth-order valence-corrected chi connectivity index (χ4v) is 5.40. The van der Waals surface area contributed by atoms with Crippen molar-refractivity contribution in [3.05, 3.63) is 0 Å². The molecule has 0 bridgehead atoms. The number of aliphatic carboxylic acids is 1. The zero-order chi connectivity index (χ0) is 31.4. The van der Waals surface area contributed by atoms with Gasteiger partial charge in [0.2, 0.25) is 0 Å². The van der Waals surface area contributed by atoms with Crippen LogP contribution in [0.15, 0.2) is 0 Å². The van der Waals surface area contributed by atoms with Gasteiger partial charge in [0.15, 0.2) is 0 Å². The van der Waals surface area contributed by atoms with Gasteiger partial charge in [-0.3, -0.25) is 9.59 Å². The Labute approximate surface area is 261 Å². The molecule has 252 valence electrons. The minimum atomic E-state index is -0.687. The molecule has 0 fully saturated rings. The van der Waals surface area contributed by atoms with E-state index >= 15 is 0 Å². The van der Waals surface area contributed by atoms with Crippen LogP contribution < -0.4 is 0 Å². The van der Waals surface area contributed by atoms with Crippen LogP contribution in [-0.4, -0.2) is 59.9 Å². The highest BCUT2D eigenvalue weighted by Crippen LogP contribution is 2.16. The molecule has 6 heteroatoms. The Morgan fingerprint density at radius 2 is 0.976 bits per heavy atom. The molecule has 0 spiro atoms. The highest BCUT2D eigenvalue weighted by molar-refractivity contribution is 5.66. The number of carbonyl (C=O) groups is 2. The summed E-state index contributed by atoms with van der Waals surface area (Å²) in [6, 6.07) is 0. The van der Waals surface area contributed by atoms with Gasteiger partial charge in [-0.1, -0.05) is 136 Å². The number of ether oxygens (including phenoxy) is 1. The Kier molecular flexibility index (Phi) is 38.8. The number of carboxylic acid groups (broad SMARTS) is 1. The highest BCUT2D eigenvalue weighted by Gasteiger charge is 2.09. The van der Waals surface area contributed by atoms with Crippen molar-refractivity contribution < 1.29 is 24.5 Å². The summed E-state index contributed by atoms with van der Waals surface area (Å²) in [6.07, 6.45) is 31.4. The first kappa shape index (κ1) is 43.0. The molecule has 0 aromatic heterocycles. The third-order valence-corrected chi connectivity index (χ3v) is 8.12. The van der Waals surface area contributed by atoms with E-state index in [1.807, 2.05) is 0 Å². The van der Waals surface area contributed by atoms with E-state index < -0.39 is 5.97 Å². The lowest BCUT2D eigenvalue weighted by atomic mass is 10.0. The molecule has 0 rings (SSSR count). The minimum Gasteiger partial charge on any atom is -0.481 e. The number of aliphatic hydroxyl groups is 1. The van der Waals surface area contributed by atoms with Crippen molar-refractivity contribution in [2.45, 2.75) is 194 Å². The first-order valence-electron chi connectivity index (χ1n) is 18.2. The molecule has 42 heavy (non-hydrogen) atoms. The molecule has 0 saturated carbocycles. The first-order valence-corrected chi connectivity index (χ1v) is 18.2. The molecule has 0 aliphatic heterocycles. The van der Waals surface area contributed by atoms with Gasteiger partial charge >= 0.3 is 5.97 Å². The van der Waals surface area contributed by atoms with Gasteiger partial charge in [-0.25, -0.2) is 0 Å². The lowest BCUT2D eigenvalue weighted by Gasteiger charge is -2.21. The summed E-state index contributed by atoms with van der Waals surface area (Å²) < 4.78 is 5.22. The summed E-state index contributed by atoms with van der Waals surface area (Å²) in [5.74, 6) is -0.687. The summed E-state index contributed by atoms with van der Waals surface area (Å²) in [7, 11) is 0. The second-order valence-electron chi connectivity index (χ2n) is 12.2. The molecule has 0 atom stereocenters. The summed E-state index contributed by atoms with van der Waals surface area (Å²) in [5, 5.41) is 17.7. The van der Waals surface area contributed by atoms with Gasteiger partial charge in [0.25, 0.3) is 6.47 Å². The zero-order valence-electron chi connectivity index (χ0n) is 28.4. The maximum atomic E-state index is 10.5. The molecular formula is C36H73NO5. The predicted molar refractivity (Wildman–Crippen MR) is 179 cm³/mol. The summed E-state index contributed by atoms with van der Waals surface area (Å²) in [4.78, 5) is 23.3. The monoisotopic (exact) mass is 600 g/mol. The number of hydrogen-bond acceptors (Lipinski definition) is 5. The lowest BCUT2D eigenvalue weighted by molar-refractivity contribution is -0.137. The van der Waals surface area contributed by atoms with Crippen molar-refractivity contribution in [3.63, 3.8) is 0 Å². The van der Waals surface area contributed by atoms with Gasteiger partial charge in [-0.2, -0.15) is 0 Å². The molecule has 0 unspecified atom stereocenters. The van der Waals surface area contributed by atoms with Crippen LogP contribution in [0.25, 0.3) is 0 Å². The van der Waals surface area contributed by atoms with Crippen LogP contribution in [0.2, 0.25) is 0 Å². The molecule has 0 saturated heterocycles. The van der Waals surface area contributed by atoms with Crippen molar-refractivity contribution in [2.75, 3.05) is 26.2 Å². The molecule has 0 aliphatic rings. The third kappa shape index (κ3) is 36.9. The van der Waals surface area contributed by atoms with Gasteiger partial charge in [0.05, 0.1) is 6.61 Å². The van der Waals surface area contributed by atoms with Crippen molar-refractivity contribution in [2.24, 2.45) is 0 Å². The van der Waals surface area contributed by atoms with Crippen LogP contribution in [0.4, 0.5) is 0 Å². The molecule has 0 amide bonds. The highest BCUT2D eigenvalue weighted by atomic mass is 16.5. The van der Waals surface area contributed by atoms with Crippen molar-refractivity contribution >= 4 is 12.4 Å². The standard InChI is InChI=1S/C18H37NO3.C18H36O2/c1-2-3-4-5-8-11-14-19(16-17-20)15-12-9-6-7-10-13-18(21)22;1-3-5-7-9-11-13-15-18(20-17-19)16-14-12-10-8-6-4-2/h20H,2-17H2,1H3,(H,21,22);17-18H,3-16H2,1-2H3. The smallest absolute Gasteiger partial charge is 0.303 e. The topological polar surface area (TPSA) is 87.1 Å². The van der Waals surface area contributed by atoms with Crippen molar-refractivity contribution in [3.8, 4) is 0 Å². The Hall–Kier alpha value is -1.14. The molecule has 2 N–H and O–H groups in total. The van der Waals surface area contributed by atoms with Gasteiger partial charge in [-0.15, -0.1) is 0 Å². The number of unbranched alkanes of at least 4 members (excludes halogenated alkanes) is 19. The third-order valence-electron chi connectivity index (χ3n) is 8.12. The van der Waals surface area contributed by atoms with Crippen LogP contribution in [0, 0.1) is 0 Å². The quantitative estimate of drug-likeness (QED) is 0.0576. The molecular weight excluding hydrogens is 526 g/mol. The van der Waals surface area contributed by atoms with E-state index in [0.717, 1.165) is 64.6 Å². The Morgan fingerprint density at radius 1 is 0.595 bits per heavy atom. The molecule has 0 heterocycles. The molecule has 0 radical (unpaired) electrons. The Balaban J connectivity index is 0. The average Bonchev–Trinajstić information content (AvgIpc) is 2.98.